The Balaban J connectivity index is 1.79. The Hall–Kier alpha value is -3.31. The number of benzene rings is 3. The van der Waals surface area contributed by atoms with Crippen molar-refractivity contribution in [1.82, 2.24) is 4.90 Å². The summed E-state index contributed by atoms with van der Waals surface area (Å²) in [5, 5.41) is 3.50. The number of halogens is 1. The number of carbonyl (C=O) groups excluding carboxylic acids is 2. The first kappa shape index (κ1) is 20.0. The molecule has 0 aromatic heterocycles. The van der Waals surface area contributed by atoms with E-state index >= 15 is 0 Å². The highest BCUT2D eigenvalue weighted by Crippen LogP contribution is 2.42. The lowest BCUT2D eigenvalue weighted by molar-refractivity contribution is -0.119. The summed E-state index contributed by atoms with van der Waals surface area (Å²) >= 11 is 6.07. The summed E-state index contributed by atoms with van der Waals surface area (Å²) in [6.45, 7) is 0. The minimum atomic E-state index is -0.587. The molecule has 0 spiro atoms. The number of amides is 2. The Kier molecular flexibility index (Phi) is 5.46. The molecule has 1 aliphatic heterocycles. The van der Waals surface area contributed by atoms with Crippen molar-refractivity contribution in [2.45, 2.75) is 12.0 Å². The average Bonchev–Trinajstić information content (AvgIpc) is 2.76. The molecule has 0 aliphatic carbocycles. The molecule has 3 aromatic carbocycles. The number of anilines is 1. The number of hydrogen-bond acceptors (Lipinski definition) is 3. The summed E-state index contributed by atoms with van der Waals surface area (Å²) in [4.78, 5) is 28.2. The normalized spacial score (nSPS) is 18.0. The third-order valence-corrected chi connectivity index (χ3v) is 5.65. The molecule has 4 rings (SSSR count). The van der Waals surface area contributed by atoms with E-state index in [-0.39, 0.29) is 11.8 Å². The fourth-order valence-corrected chi connectivity index (χ4v) is 4.15. The second-order valence-corrected chi connectivity index (χ2v) is 7.64. The van der Waals surface area contributed by atoms with E-state index in [1.807, 2.05) is 42.5 Å². The highest BCUT2D eigenvalue weighted by Gasteiger charge is 2.42. The quantitative estimate of drug-likeness (QED) is 0.653. The minimum absolute atomic E-state index is 0.113. The van der Waals surface area contributed by atoms with Gasteiger partial charge in [-0.3, -0.25) is 9.59 Å². The van der Waals surface area contributed by atoms with Crippen molar-refractivity contribution in [2.24, 2.45) is 0 Å². The standard InChI is InChI=1S/C24H21ClN2O3/c1-27-22(15-10-12-18(30-2)13-11-15)21(19-8-3-4-9-20(19)24(27)29)23(28)26-17-7-5-6-16(25)14-17/h3-14,21-22H,1-2H3,(H,26,28). The molecule has 0 fully saturated rings. The van der Waals surface area contributed by atoms with Gasteiger partial charge in [-0.15, -0.1) is 0 Å². The first-order valence-corrected chi connectivity index (χ1v) is 9.94. The third kappa shape index (κ3) is 3.64. The lowest BCUT2D eigenvalue weighted by Crippen LogP contribution is -2.44. The number of methoxy groups -OCH3 is 1. The highest BCUT2D eigenvalue weighted by atomic mass is 35.5. The number of nitrogens with zero attached hydrogens (tertiary/aromatic N) is 1. The molecule has 1 aliphatic rings. The van der Waals surface area contributed by atoms with Crippen LogP contribution in [0.25, 0.3) is 0 Å². The van der Waals surface area contributed by atoms with Crippen LogP contribution < -0.4 is 10.1 Å². The Morgan fingerprint density at radius 3 is 2.47 bits per heavy atom. The lowest BCUT2D eigenvalue weighted by atomic mass is 9.79. The minimum Gasteiger partial charge on any atom is -0.497 e. The van der Waals surface area contributed by atoms with Crippen molar-refractivity contribution in [3.05, 3.63) is 94.5 Å². The Labute approximate surface area is 180 Å². The number of carbonyl (C=O) groups is 2. The van der Waals surface area contributed by atoms with Crippen LogP contribution in [-0.4, -0.2) is 30.9 Å². The second kappa shape index (κ2) is 8.20. The molecule has 2 atom stereocenters. The monoisotopic (exact) mass is 420 g/mol. The fourth-order valence-electron chi connectivity index (χ4n) is 3.96. The van der Waals surface area contributed by atoms with Gasteiger partial charge in [0.2, 0.25) is 5.91 Å². The molecule has 1 heterocycles. The molecular formula is C24H21ClN2O3. The predicted octanol–water partition coefficient (Wildman–Crippen LogP) is 4.90. The molecule has 6 heteroatoms. The van der Waals surface area contributed by atoms with E-state index in [9.17, 15) is 9.59 Å². The molecule has 2 unspecified atom stereocenters. The van der Waals surface area contributed by atoms with Crippen LogP contribution >= 0.6 is 11.6 Å². The van der Waals surface area contributed by atoms with Gasteiger partial charge in [0, 0.05) is 23.3 Å². The lowest BCUT2D eigenvalue weighted by Gasteiger charge is -2.39. The van der Waals surface area contributed by atoms with E-state index in [1.165, 1.54) is 0 Å². The maximum Gasteiger partial charge on any atom is 0.254 e. The van der Waals surface area contributed by atoms with Gasteiger partial charge in [-0.25, -0.2) is 0 Å². The van der Waals surface area contributed by atoms with E-state index < -0.39 is 12.0 Å². The summed E-state index contributed by atoms with van der Waals surface area (Å²) in [6, 6.07) is 21.3. The zero-order chi connectivity index (χ0) is 21.3. The second-order valence-electron chi connectivity index (χ2n) is 7.20. The molecule has 0 saturated carbocycles. The van der Waals surface area contributed by atoms with Gasteiger partial charge in [0.05, 0.1) is 19.1 Å². The fraction of sp³-hybridized carbons (Fsp3) is 0.167. The van der Waals surface area contributed by atoms with E-state index in [2.05, 4.69) is 5.32 Å². The van der Waals surface area contributed by atoms with Gasteiger partial charge in [0.25, 0.3) is 5.91 Å². The van der Waals surface area contributed by atoms with Crippen molar-refractivity contribution < 1.29 is 14.3 Å². The van der Waals surface area contributed by atoms with Gasteiger partial charge in [0.15, 0.2) is 0 Å². The molecule has 152 valence electrons. The average molecular weight is 421 g/mol. The summed E-state index contributed by atoms with van der Waals surface area (Å²) in [7, 11) is 3.33. The Morgan fingerprint density at radius 1 is 1.03 bits per heavy atom. The number of nitrogens with one attached hydrogen (secondary N) is 1. The molecular weight excluding hydrogens is 400 g/mol. The van der Waals surface area contributed by atoms with Crippen LogP contribution in [-0.2, 0) is 4.79 Å². The smallest absolute Gasteiger partial charge is 0.254 e. The first-order chi connectivity index (χ1) is 14.5. The van der Waals surface area contributed by atoms with Crippen LogP contribution in [0.5, 0.6) is 5.75 Å². The molecule has 3 aromatic rings. The van der Waals surface area contributed by atoms with E-state index in [0.29, 0.717) is 27.6 Å². The number of likely N-dealkylation sites (N-methyl/N-ethyl adjacent to an activating group) is 1. The Bertz CT molecular complexity index is 1100. The van der Waals surface area contributed by atoms with Crippen molar-refractivity contribution in [3.8, 4) is 5.75 Å². The SMILES string of the molecule is COc1ccc(C2C(C(=O)Nc3cccc(Cl)c3)c3ccccc3C(=O)N2C)cc1. The number of fused-ring (bicyclic) bond motifs is 1. The summed E-state index contributed by atoms with van der Waals surface area (Å²) < 4.78 is 5.25. The summed E-state index contributed by atoms with van der Waals surface area (Å²) in [5.41, 5.74) is 2.71. The van der Waals surface area contributed by atoms with Crippen LogP contribution in [0.3, 0.4) is 0 Å². The zero-order valence-electron chi connectivity index (χ0n) is 16.6. The van der Waals surface area contributed by atoms with Crippen molar-refractivity contribution in [1.29, 1.82) is 0 Å². The maximum absolute atomic E-state index is 13.5. The maximum atomic E-state index is 13.5. The Morgan fingerprint density at radius 2 is 1.77 bits per heavy atom. The van der Waals surface area contributed by atoms with Crippen LogP contribution in [0, 0.1) is 0 Å². The molecule has 0 bridgehead atoms. The number of rotatable bonds is 4. The zero-order valence-corrected chi connectivity index (χ0v) is 17.4. The molecule has 30 heavy (non-hydrogen) atoms. The van der Waals surface area contributed by atoms with Gasteiger partial charge in [0.1, 0.15) is 5.75 Å². The molecule has 0 saturated heterocycles. The topological polar surface area (TPSA) is 58.6 Å². The van der Waals surface area contributed by atoms with Gasteiger partial charge >= 0.3 is 0 Å². The molecule has 1 N–H and O–H groups in total. The highest BCUT2D eigenvalue weighted by molar-refractivity contribution is 6.30. The van der Waals surface area contributed by atoms with Crippen LogP contribution in [0.2, 0.25) is 5.02 Å². The van der Waals surface area contributed by atoms with Gasteiger partial charge in [-0.05, 0) is 47.5 Å². The van der Waals surface area contributed by atoms with E-state index in [0.717, 1.165) is 5.56 Å². The third-order valence-electron chi connectivity index (χ3n) is 5.41. The largest absolute Gasteiger partial charge is 0.497 e. The van der Waals surface area contributed by atoms with Crippen molar-refractivity contribution >= 4 is 29.1 Å². The van der Waals surface area contributed by atoms with E-state index in [4.69, 9.17) is 16.3 Å². The van der Waals surface area contributed by atoms with Crippen molar-refractivity contribution in [3.63, 3.8) is 0 Å². The van der Waals surface area contributed by atoms with E-state index in [1.54, 1.807) is 49.4 Å². The molecule has 0 radical (unpaired) electrons. The van der Waals surface area contributed by atoms with Crippen LogP contribution in [0.4, 0.5) is 5.69 Å². The van der Waals surface area contributed by atoms with Gasteiger partial charge in [-0.2, -0.15) is 0 Å². The van der Waals surface area contributed by atoms with Crippen LogP contribution in [0.1, 0.15) is 33.4 Å². The molecule has 2 amide bonds. The summed E-state index contributed by atoms with van der Waals surface area (Å²) in [5.74, 6) is -0.191. The summed E-state index contributed by atoms with van der Waals surface area (Å²) in [6.07, 6.45) is 0. The first-order valence-electron chi connectivity index (χ1n) is 9.56. The number of ether oxygens (including phenoxy) is 1. The number of hydrogen-bond donors (Lipinski definition) is 1. The predicted molar refractivity (Wildman–Crippen MR) is 117 cm³/mol. The van der Waals surface area contributed by atoms with Crippen molar-refractivity contribution in [2.75, 3.05) is 19.5 Å². The van der Waals surface area contributed by atoms with Gasteiger partial charge in [-0.1, -0.05) is 48.0 Å². The molecule has 5 nitrogen and oxygen atoms in total. The van der Waals surface area contributed by atoms with Crippen LogP contribution in [0.15, 0.2) is 72.8 Å². The van der Waals surface area contributed by atoms with Gasteiger partial charge < -0.3 is 15.0 Å².